The molecular weight excluding hydrogens is 346 g/mol. The summed E-state index contributed by atoms with van der Waals surface area (Å²) in [6, 6.07) is 12.4. The lowest BCUT2D eigenvalue weighted by atomic mass is 10.1. The number of benzene rings is 2. The van der Waals surface area contributed by atoms with Crippen molar-refractivity contribution in [1.29, 1.82) is 0 Å². The van der Waals surface area contributed by atoms with Gasteiger partial charge < -0.3 is 14.7 Å². The van der Waals surface area contributed by atoms with Crippen molar-refractivity contribution in [2.45, 2.75) is 13.5 Å². The molecule has 0 aliphatic heterocycles. The topological polar surface area (TPSA) is 49.8 Å². The zero-order chi connectivity index (χ0) is 16.1. The van der Waals surface area contributed by atoms with Gasteiger partial charge in [0.2, 0.25) is 0 Å². The van der Waals surface area contributed by atoms with Crippen LogP contribution in [0.25, 0.3) is 0 Å². The predicted molar refractivity (Wildman–Crippen MR) is 89.2 cm³/mol. The summed E-state index contributed by atoms with van der Waals surface area (Å²) in [6.07, 6.45) is 0. The molecule has 0 unspecified atom stereocenters. The Bertz CT molecular complexity index is 655. The molecule has 0 aliphatic rings. The summed E-state index contributed by atoms with van der Waals surface area (Å²) in [4.78, 5) is 14.0. The summed E-state index contributed by atoms with van der Waals surface area (Å²) in [5.74, 6) is 0.560. The van der Waals surface area contributed by atoms with E-state index in [2.05, 4.69) is 15.9 Å². The van der Waals surface area contributed by atoms with Gasteiger partial charge in [-0.15, -0.1) is 0 Å². The Labute approximate surface area is 138 Å². The fourth-order valence-electron chi connectivity index (χ4n) is 2.09. The number of carbonyl (C=O) groups excluding carboxylic acids is 1. The maximum Gasteiger partial charge on any atom is 0.257 e. The lowest BCUT2D eigenvalue weighted by molar-refractivity contribution is 0.0782. The molecular formula is C17H18BrNO3. The molecule has 1 amide bonds. The number of phenols is 1. The maximum atomic E-state index is 12.4. The van der Waals surface area contributed by atoms with Gasteiger partial charge in [0.05, 0.1) is 12.2 Å². The van der Waals surface area contributed by atoms with E-state index in [1.54, 1.807) is 24.1 Å². The minimum atomic E-state index is -0.229. The first-order valence-corrected chi connectivity index (χ1v) is 7.76. The van der Waals surface area contributed by atoms with Gasteiger partial charge in [0.1, 0.15) is 11.5 Å². The number of amides is 1. The first-order valence-electron chi connectivity index (χ1n) is 6.97. The molecule has 0 aliphatic carbocycles. The lowest BCUT2D eigenvalue weighted by Crippen LogP contribution is -2.26. The van der Waals surface area contributed by atoms with E-state index in [0.29, 0.717) is 13.2 Å². The number of carbonyl (C=O) groups is 1. The molecule has 1 N–H and O–H groups in total. The van der Waals surface area contributed by atoms with Gasteiger partial charge in [-0.3, -0.25) is 4.79 Å². The molecule has 2 aromatic rings. The van der Waals surface area contributed by atoms with E-state index in [1.165, 1.54) is 6.07 Å². The average Bonchev–Trinajstić information content (AvgIpc) is 2.51. The Hall–Kier alpha value is -2.01. The summed E-state index contributed by atoms with van der Waals surface area (Å²) in [5.41, 5.74) is 1.27. The number of nitrogens with zero attached hydrogens (tertiary/aromatic N) is 1. The quantitative estimate of drug-likeness (QED) is 0.878. The zero-order valence-corrected chi connectivity index (χ0v) is 14.1. The molecule has 5 heteroatoms. The summed E-state index contributed by atoms with van der Waals surface area (Å²) in [5, 5.41) is 9.83. The Morgan fingerprint density at radius 2 is 1.91 bits per heavy atom. The van der Waals surface area contributed by atoms with Gasteiger partial charge in [0.15, 0.2) is 0 Å². The van der Waals surface area contributed by atoms with Crippen LogP contribution in [0.15, 0.2) is 46.9 Å². The number of halogens is 1. The van der Waals surface area contributed by atoms with Crippen molar-refractivity contribution in [2.24, 2.45) is 0 Å². The van der Waals surface area contributed by atoms with Crippen LogP contribution in [0, 0.1) is 0 Å². The second kappa shape index (κ2) is 7.31. The van der Waals surface area contributed by atoms with Crippen molar-refractivity contribution < 1.29 is 14.6 Å². The molecule has 0 heterocycles. The van der Waals surface area contributed by atoms with E-state index in [9.17, 15) is 9.90 Å². The summed E-state index contributed by atoms with van der Waals surface area (Å²) in [6.45, 7) is 3.02. The summed E-state index contributed by atoms with van der Waals surface area (Å²) in [7, 11) is 1.71. The van der Waals surface area contributed by atoms with Crippen molar-refractivity contribution in [2.75, 3.05) is 13.7 Å². The van der Waals surface area contributed by atoms with Gasteiger partial charge in [-0.25, -0.2) is 0 Å². The van der Waals surface area contributed by atoms with Gasteiger partial charge >= 0.3 is 0 Å². The summed E-state index contributed by atoms with van der Waals surface area (Å²) >= 11 is 3.31. The third kappa shape index (κ3) is 4.01. The van der Waals surface area contributed by atoms with E-state index in [0.717, 1.165) is 15.8 Å². The Morgan fingerprint density at radius 1 is 1.23 bits per heavy atom. The lowest BCUT2D eigenvalue weighted by Gasteiger charge is -2.18. The molecule has 4 nitrogen and oxygen atoms in total. The predicted octanol–water partition coefficient (Wildman–Crippen LogP) is 3.83. The van der Waals surface area contributed by atoms with E-state index in [4.69, 9.17) is 4.74 Å². The number of hydrogen-bond acceptors (Lipinski definition) is 3. The molecule has 0 spiro atoms. The van der Waals surface area contributed by atoms with Crippen LogP contribution in [0.2, 0.25) is 0 Å². The molecule has 0 saturated heterocycles. The Morgan fingerprint density at radius 3 is 2.55 bits per heavy atom. The highest BCUT2D eigenvalue weighted by atomic mass is 79.9. The van der Waals surface area contributed by atoms with Crippen LogP contribution in [0.3, 0.4) is 0 Å². The minimum Gasteiger partial charge on any atom is -0.507 e. The Balaban J connectivity index is 2.09. The van der Waals surface area contributed by atoms with Gasteiger partial charge in [0, 0.05) is 18.1 Å². The van der Waals surface area contributed by atoms with Crippen molar-refractivity contribution >= 4 is 21.8 Å². The number of ether oxygens (including phenoxy) is 1. The molecule has 116 valence electrons. The highest BCUT2D eigenvalue weighted by Crippen LogP contribution is 2.23. The third-order valence-electron chi connectivity index (χ3n) is 3.19. The number of aromatic hydroxyl groups is 1. The van der Waals surface area contributed by atoms with E-state index < -0.39 is 0 Å². The number of hydrogen-bond donors (Lipinski definition) is 1. The third-order valence-corrected chi connectivity index (χ3v) is 3.68. The maximum absolute atomic E-state index is 12.4. The monoisotopic (exact) mass is 363 g/mol. The van der Waals surface area contributed by atoms with Gasteiger partial charge in [-0.2, -0.15) is 0 Å². The number of phenolic OH excluding ortho intramolecular Hbond substituents is 1. The van der Waals surface area contributed by atoms with Crippen LogP contribution in [0.1, 0.15) is 22.8 Å². The molecule has 0 fully saturated rings. The van der Waals surface area contributed by atoms with E-state index in [1.807, 2.05) is 31.2 Å². The molecule has 0 saturated carbocycles. The highest BCUT2D eigenvalue weighted by molar-refractivity contribution is 9.10. The normalized spacial score (nSPS) is 10.3. The summed E-state index contributed by atoms with van der Waals surface area (Å²) < 4.78 is 6.15. The van der Waals surface area contributed by atoms with Crippen molar-refractivity contribution in [3.63, 3.8) is 0 Å². The minimum absolute atomic E-state index is 0.0215. The molecule has 0 radical (unpaired) electrons. The number of rotatable bonds is 5. The van der Waals surface area contributed by atoms with Crippen molar-refractivity contribution in [3.8, 4) is 11.5 Å². The van der Waals surface area contributed by atoms with Gasteiger partial charge in [0.25, 0.3) is 5.91 Å². The zero-order valence-electron chi connectivity index (χ0n) is 12.5. The Kier molecular flexibility index (Phi) is 5.44. The van der Waals surface area contributed by atoms with Gasteiger partial charge in [-0.1, -0.05) is 28.1 Å². The van der Waals surface area contributed by atoms with E-state index >= 15 is 0 Å². The van der Waals surface area contributed by atoms with Crippen LogP contribution >= 0.6 is 15.9 Å². The first-order chi connectivity index (χ1) is 10.5. The van der Waals surface area contributed by atoms with Crippen molar-refractivity contribution in [1.82, 2.24) is 4.90 Å². The molecule has 2 rings (SSSR count). The molecule has 0 aromatic heterocycles. The standard InChI is InChI=1S/C17H18BrNO3/c1-3-22-14-7-4-12(5-8-14)11-19(2)17(21)15-10-13(18)6-9-16(15)20/h4-10,20H,3,11H2,1-2H3. The van der Waals surface area contributed by atoms with Crippen LogP contribution < -0.4 is 4.74 Å². The smallest absolute Gasteiger partial charge is 0.257 e. The first kappa shape index (κ1) is 16.4. The van der Waals surface area contributed by atoms with Gasteiger partial charge in [-0.05, 0) is 42.8 Å². The second-order valence-corrected chi connectivity index (χ2v) is 5.82. The van der Waals surface area contributed by atoms with Crippen molar-refractivity contribution in [3.05, 3.63) is 58.1 Å². The van der Waals surface area contributed by atoms with Crippen LogP contribution in [-0.4, -0.2) is 29.6 Å². The molecule has 2 aromatic carbocycles. The molecule has 0 atom stereocenters. The molecule has 22 heavy (non-hydrogen) atoms. The van der Waals surface area contributed by atoms with E-state index in [-0.39, 0.29) is 17.2 Å². The fourth-order valence-corrected chi connectivity index (χ4v) is 2.45. The van der Waals surface area contributed by atoms with Crippen LogP contribution in [0.5, 0.6) is 11.5 Å². The average molecular weight is 364 g/mol. The largest absolute Gasteiger partial charge is 0.507 e. The van der Waals surface area contributed by atoms with Crippen LogP contribution in [-0.2, 0) is 6.54 Å². The molecule has 0 bridgehead atoms. The SMILES string of the molecule is CCOc1ccc(CN(C)C(=O)c2cc(Br)ccc2O)cc1. The van der Waals surface area contributed by atoms with Crippen LogP contribution in [0.4, 0.5) is 0 Å². The fraction of sp³-hybridized carbons (Fsp3) is 0.235. The second-order valence-electron chi connectivity index (χ2n) is 4.90. The highest BCUT2D eigenvalue weighted by Gasteiger charge is 2.16.